The molecule has 2 rings (SSSR count). The molecule has 158 valence electrons. The Kier molecular flexibility index (Phi) is 7.46. The average molecular weight is 426 g/mol. The monoisotopic (exact) mass is 425 g/mol. The third-order valence-corrected chi connectivity index (χ3v) is 5.34. The largest absolute Gasteiger partial charge is 0.497 e. The topological polar surface area (TPSA) is 102 Å². The molecule has 6 nitrogen and oxygen atoms in total. The number of halogens is 2. The van der Waals surface area contributed by atoms with E-state index in [0.717, 1.165) is 12.1 Å². The summed E-state index contributed by atoms with van der Waals surface area (Å²) < 4.78 is 25.0. The van der Waals surface area contributed by atoms with Crippen LogP contribution in [0.3, 0.4) is 0 Å². The molecule has 1 amide bonds. The number of primary amides is 1. The molecular weight excluding hydrogens is 401 g/mol. The Hall–Kier alpha value is -2.35. The molecule has 2 aromatic carbocycles. The van der Waals surface area contributed by atoms with E-state index in [1.807, 2.05) is 0 Å². The molecule has 0 heterocycles. The second-order valence-corrected chi connectivity index (χ2v) is 7.41. The lowest BCUT2D eigenvalue weighted by molar-refractivity contribution is -0.146. The minimum absolute atomic E-state index is 0.0440. The highest BCUT2D eigenvalue weighted by atomic mass is 35.5. The summed E-state index contributed by atoms with van der Waals surface area (Å²) in [6.45, 7) is 2.45. The maximum atomic E-state index is 14.1. The van der Waals surface area contributed by atoms with Gasteiger partial charge >= 0.3 is 0 Å². The van der Waals surface area contributed by atoms with Crippen LogP contribution in [0.15, 0.2) is 36.4 Å². The summed E-state index contributed by atoms with van der Waals surface area (Å²) in [6, 6.07) is 9.02. The molecule has 4 N–H and O–H groups in total. The average Bonchev–Trinajstić information content (AvgIpc) is 2.67. The standard InChI is InChI=1S/C21H25ClFNO5/c1-12(2)21(27,20(24)26)18(10-25)16-8-13(23)9-19(22)17(16)11-29-15-6-4-14(28-3)5-7-15/h4-9,12,18,25,27H,10-11H2,1-3H3,(H2,24,26)/t18-,21?/m0/s1. The second kappa shape index (κ2) is 9.43. The first-order chi connectivity index (χ1) is 13.6. The van der Waals surface area contributed by atoms with Crippen LogP contribution in [-0.2, 0) is 11.4 Å². The molecule has 1 unspecified atom stereocenters. The van der Waals surface area contributed by atoms with Crippen molar-refractivity contribution in [3.05, 3.63) is 58.4 Å². The fourth-order valence-corrected chi connectivity index (χ4v) is 3.52. The van der Waals surface area contributed by atoms with E-state index in [-0.39, 0.29) is 17.2 Å². The quantitative estimate of drug-likeness (QED) is 0.573. The second-order valence-electron chi connectivity index (χ2n) is 7.00. The molecule has 0 aliphatic rings. The van der Waals surface area contributed by atoms with Gasteiger partial charge in [0.2, 0.25) is 5.91 Å². The third-order valence-electron chi connectivity index (χ3n) is 5.00. The van der Waals surface area contributed by atoms with Gasteiger partial charge in [0.1, 0.15) is 23.9 Å². The number of methoxy groups -OCH3 is 1. The smallest absolute Gasteiger partial charge is 0.250 e. The zero-order chi connectivity index (χ0) is 21.8. The lowest BCUT2D eigenvalue weighted by atomic mass is 9.73. The lowest BCUT2D eigenvalue weighted by Crippen LogP contribution is -2.54. The number of hydrogen-bond acceptors (Lipinski definition) is 5. The molecule has 0 aliphatic heterocycles. The van der Waals surface area contributed by atoms with Crippen molar-refractivity contribution >= 4 is 17.5 Å². The molecule has 0 aliphatic carbocycles. The van der Waals surface area contributed by atoms with Gasteiger partial charge < -0.3 is 25.4 Å². The molecule has 2 aromatic rings. The Morgan fingerprint density at radius 3 is 2.31 bits per heavy atom. The predicted molar refractivity (Wildman–Crippen MR) is 108 cm³/mol. The van der Waals surface area contributed by atoms with Crippen LogP contribution in [-0.4, -0.2) is 35.4 Å². The Labute approximate surface area is 174 Å². The number of rotatable bonds is 9. The van der Waals surface area contributed by atoms with Crippen LogP contribution in [0.2, 0.25) is 5.02 Å². The molecule has 2 atom stereocenters. The van der Waals surface area contributed by atoms with Crippen LogP contribution in [0.4, 0.5) is 4.39 Å². The van der Waals surface area contributed by atoms with Crippen LogP contribution in [0.25, 0.3) is 0 Å². The van der Waals surface area contributed by atoms with Crippen LogP contribution in [0.5, 0.6) is 11.5 Å². The van der Waals surface area contributed by atoms with Crippen LogP contribution in [0.1, 0.15) is 30.9 Å². The number of amides is 1. The van der Waals surface area contributed by atoms with Crippen molar-refractivity contribution in [1.29, 1.82) is 0 Å². The van der Waals surface area contributed by atoms with Gasteiger partial charge in [-0.05, 0) is 47.9 Å². The molecule has 0 saturated heterocycles. The summed E-state index contributed by atoms with van der Waals surface area (Å²) in [4.78, 5) is 12.0. The predicted octanol–water partition coefficient (Wildman–Crippen LogP) is 3.02. The van der Waals surface area contributed by atoms with E-state index < -0.39 is 35.8 Å². The summed E-state index contributed by atoms with van der Waals surface area (Å²) in [5.74, 6) is -2.37. The first-order valence-corrected chi connectivity index (χ1v) is 9.40. The van der Waals surface area contributed by atoms with Crippen LogP contribution in [0, 0.1) is 11.7 Å². The maximum absolute atomic E-state index is 14.1. The molecule has 0 fully saturated rings. The van der Waals surface area contributed by atoms with E-state index >= 15 is 0 Å². The highest BCUT2D eigenvalue weighted by Gasteiger charge is 2.46. The highest BCUT2D eigenvalue weighted by molar-refractivity contribution is 6.31. The normalized spacial score (nSPS) is 14.3. The molecule has 0 bridgehead atoms. The Morgan fingerprint density at radius 1 is 1.24 bits per heavy atom. The Balaban J connectivity index is 2.46. The van der Waals surface area contributed by atoms with Gasteiger partial charge in [0, 0.05) is 11.5 Å². The summed E-state index contributed by atoms with van der Waals surface area (Å²) in [6.07, 6.45) is 0. The Morgan fingerprint density at radius 2 is 1.83 bits per heavy atom. The van der Waals surface area contributed by atoms with E-state index in [9.17, 15) is 19.4 Å². The summed E-state index contributed by atoms with van der Waals surface area (Å²) in [5, 5.41) is 21.0. The number of aliphatic hydroxyl groups excluding tert-OH is 1. The van der Waals surface area contributed by atoms with Gasteiger partial charge in [0.25, 0.3) is 0 Å². The van der Waals surface area contributed by atoms with E-state index in [1.165, 1.54) is 0 Å². The van der Waals surface area contributed by atoms with Gasteiger partial charge in [-0.1, -0.05) is 25.4 Å². The van der Waals surface area contributed by atoms with Crippen molar-refractivity contribution in [1.82, 2.24) is 0 Å². The number of benzene rings is 2. The minimum atomic E-state index is -2.11. The highest BCUT2D eigenvalue weighted by Crippen LogP contribution is 2.38. The van der Waals surface area contributed by atoms with Gasteiger partial charge in [-0.15, -0.1) is 0 Å². The van der Waals surface area contributed by atoms with Crippen LogP contribution < -0.4 is 15.2 Å². The zero-order valence-corrected chi connectivity index (χ0v) is 17.2. The van der Waals surface area contributed by atoms with Crippen molar-refractivity contribution in [2.24, 2.45) is 11.7 Å². The van der Waals surface area contributed by atoms with Crippen LogP contribution >= 0.6 is 11.6 Å². The molecule has 8 heteroatoms. The van der Waals surface area contributed by atoms with Gasteiger partial charge in [-0.25, -0.2) is 4.39 Å². The zero-order valence-electron chi connectivity index (χ0n) is 16.5. The minimum Gasteiger partial charge on any atom is -0.497 e. The fourth-order valence-electron chi connectivity index (χ4n) is 3.25. The number of hydrogen-bond donors (Lipinski definition) is 3. The third kappa shape index (κ3) is 4.80. The fraction of sp³-hybridized carbons (Fsp3) is 0.381. The number of carbonyl (C=O) groups is 1. The van der Waals surface area contributed by atoms with E-state index in [2.05, 4.69) is 0 Å². The van der Waals surface area contributed by atoms with Crippen molar-refractivity contribution < 1.29 is 28.9 Å². The lowest BCUT2D eigenvalue weighted by Gasteiger charge is -2.37. The van der Waals surface area contributed by atoms with Gasteiger partial charge in [-0.3, -0.25) is 4.79 Å². The number of carbonyl (C=O) groups excluding carboxylic acids is 1. The van der Waals surface area contributed by atoms with E-state index in [0.29, 0.717) is 17.1 Å². The van der Waals surface area contributed by atoms with E-state index in [4.69, 9.17) is 26.8 Å². The Bertz CT molecular complexity index is 859. The van der Waals surface area contributed by atoms with Crippen molar-refractivity contribution in [3.63, 3.8) is 0 Å². The number of nitrogens with two attached hydrogens (primary N) is 1. The van der Waals surface area contributed by atoms with Crippen molar-refractivity contribution in [2.75, 3.05) is 13.7 Å². The number of ether oxygens (including phenoxy) is 2. The van der Waals surface area contributed by atoms with Gasteiger partial charge in [0.15, 0.2) is 5.60 Å². The number of aliphatic hydroxyl groups is 2. The van der Waals surface area contributed by atoms with Crippen molar-refractivity contribution in [3.8, 4) is 11.5 Å². The molecule has 0 aromatic heterocycles. The molecule has 0 spiro atoms. The first-order valence-electron chi connectivity index (χ1n) is 9.02. The first kappa shape index (κ1) is 22.9. The molecular formula is C21H25ClFNO5. The van der Waals surface area contributed by atoms with Gasteiger partial charge in [-0.2, -0.15) is 0 Å². The molecule has 0 radical (unpaired) electrons. The van der Waals surface area contributed by atoms with Gasteiger partial charge in [0.05, 0.1) is 18.7 Å². The summed E-state index contributed by atoms with van der Waals surface area (Å²) in [5.41, 5.74) is 3.81. The maximum Gasteiger partial charge on any atom is 0.250 e. The SMILES string of the molecule is COc1ccc(OCc2c(Cl)cc(F)cc2[C@H](CO)C(O)(C(N)=O)C(C)C)cc1. The molecule has 0 saturated carbocycles. The molecule has 29 heavy (non-hydrogen) atoms. The summed E-state index contributed by atoms with van der Waals surface area (Å²) >= 11 is 6.24. The summed E-state index contributed by atoms with van der Waals surface area (Å²) in [7, 11) is 1.55. The van der Waals surface area contributed by atoms with Crippen molar-refractivity contribution in [2.45, 2.75) is 32.0 Å². The van der Waals surface area contributed by atoms with E-state index in [1.54, 1.807) is 45.2 Å².